The Bertz CT molecular complexity index is 1170. The van der Waals surface area contributed by atoms with Gasteiger partial charge in [-0.25, -0.2) is 19.3 Å². The normalized spacial score (nSPS) is 16.8. The number of thiazole rings is 1. The maximum Gasteiger partial charge on any atom is 0.419 e. The van der Waals surface area contributed by atoms with Gasteiger partial charge in [0.1, 0.15) is 16.7 Å². The molecule has 0 radical (unpaired) electrons. The van der Waals surface area contributed by atoms with Crippen molar-refractivity contribution in [1.82, 2.24) is 19.9 Å². The molecule has 1 saturated heterocycles. The molecule has 1 atom stereocenters. The van der Waals surface area contributed by atoms with Crippen molar-refractivity contribution in [1.29, 1.82) is 0 Å². The van der Waals surface area contributed by atoms with Crippen LogP contribution in [0.2, 0.25) is 5.15 Å². The van der Waals surface area contributed by atoms with Crippen molar-refractivity contribution in [2.75, 3.05) is 11.9 Å². The molecule has 2 aromatic heterocycles. The van der Waals surface area contributed by atoms with Crippen molar-refractivity contribution in [3.63, 3.8) is 0 Å². The van der Waals surface area contributed by atoms with Crippen LogP contribution in [-0.2, 0) is 12.7 Å². The third-order valence-electron chi connectivity index (χ3n) is 5.35. The smallest absolute Gasteiger partial charge is 0.296 e. The summed E-state index contributed by atoms with van der Waals surface area (Å²) in [6.07, 6.45) is -0.385. The van der Waals surface area contributed by atoms with Gasteiger partial charge in [-0.15, -0.1) is 0 Å². The van der Waals surface area contributed by atoms with Gasteiger partial charge in [-0.1, -0.05) is 22.9 Å². The summed E-state index contributed by atoms with van der Waals surface area (Å²) in [6, 6.07) is 3.09. The largest absolute Gasteiger partial charge is 0.419 e. The number of halogens is 5. The van der Waals surface area contributed by atoms with Gasteiger partial charge < -0.3 is 0 Å². The summed E-state index contributed by atoms with van der Waals surface area (Å²) in [4.78, 5) is 27.5. The number of likely N-dealkylation sites (tertiary alicyclic amines) is 1. The summed E-state index contributed by atoms with van der Waals surface area (Å²) in [7, 11) is 0. The van der Waals surface area contributed by atoms with E-state index in [-0.39, 0.29) is 27.2 Å². The fourth-order valence-electron chi connectivity index (χ4n) is 3.63. The van der Waals surface area contributed by atoms with Gasteiger partial charge in [0.25, 0.3) is 5.91 Å². The molecule has 0 bridgehead atoms. The van der Waals surface area contributed by atoms with E-state index in [1.165, 1.54) is 18.5 Å². The topological polar surface area (TPSA) is 71.0 Å². The quantitative estimate of drug-likeness (QED) is 0.459. The molecule has 0 spiro atoms. The van der Waals surface area contributed by atoms with Crippen LogP contribution in [-0.4, -0.2) is 38.3 Å². The molecule has 3 aromatic rings. The summed E-state index contributed by atoms with van der Waals surface area (Å²) in [5, 5.41) is 2.92. The molecule has 174 valence electrons. The molecule has 12 heteroatoms. The number of rotatable bonds is 5. The molecule has 0 unspecified atom stereocenters. The first-order valence-corrected chi connectivity index (χ1v) is 11.2. The van der Waals surface area contributed by atoms with Crippen LogP contribution < -0.4 is 5.32 Å². The van der Waals surface area contributed by atoms with Crippen molar-refractivity contribution in [2.24, 2.45) is 0 Å². The summed E-state index contributed by atoms with van der Waals surface area (Å²) in [6.45, 7) is 3.37. The number of carbonyl (C=O) groups excluding carboxylic acids is 1. The summed E-state index contributed by atoms with van der Waals surface area (Å²) in [5.41, 5.74) is -0.974. The van der Waals surface area contributed by atoms with E-state index in [4.69, 9.17) is 11.6 Å². The lowest BCUT2D eigenvalue weighted by Gasteiger charge is -2.20. The molecular weight excluding hydrogens is 482 g/mol. The molecule has 1 aliphatic rings. The first-order chi connectivity index (χ1) is 15.6. The van der Waals surface area contributed by atoms with Gasteiger partial charge in [-0.05, 0) is 44.5 Å². The third kappa shape index (κ3) is 5.31. The minimum atomic E-state index is -4.84. The van der Waals surface area contributed by atoms with Crippen LogP contribution in [0.15, 0.2) is 30.6 Å². The number of hydrogen-bond acceptors (Lipinski definition) is 6. The Labute approximate surface area is 195 Å². The monoisotopic (exact) mass is 499 g/mol. The third-order valence-corrected chi connectivity index (χ3v) is 6.50. The van der Waals surface area contributed by atoms with Crippen LogP contribution in [0, 0.1) is 5.82 Å². The van der Waals surface area contributed by atoms with Gasteiger partial charge in [0.2, 0.25) is 0 Å². The van der Waals surface area contributed by atoms with Crippen LogP contribution in [0.5, 0.6) is 0 Å². The molecule has 33 heavy (non-hydrogen) atoms. The van der Waals surface area contributed by atoms with Crippen molar-refractivity contribution in [3.8, 4) is 11.3 Å². The summed E-state index contributed by atoms with van der Waals surface area (Å²) < 4.78 is 53.6. The minimum Gasteiger partial charge on any atom is -0.296 e. The van der Waals surface area contributed by atoms with Crippen molar-refractivity contribution >= 4 is 34.0 Å². The standard InChI is InChI=1S/C21H18ClF4N5OS/c1-11-3-2-6-31(11)10-16-18(12-4-5-14(23)13(7-12)21(24,25)26)29-20(33-16)30-19(32)15-8-28-17(22)9-27-15/h4-5,7-9,11H,2-3,6,10H2,1H3,(H,29,30,32)/t11-/m1/s1. The Kier molecular flexibility index (Phi) is 6.64. The second-order valence-corrected chi connectivity index (χ2v) is 9.09. The highest BCUT2D eigenvalue weighted by Crippen LogP contribution is 2.38. The predicted molar refractivity (Wildman–Crippen MR) is 117 cm³/mol. The fraction of sp³-hybridized carbons (Fsp3) is 0.333. The predicted octanol–water partition coefficient (Wildman–Crippen LogP) is 5.65. The highest BCUT2D eigenvalue weighted by Gasteiger charge is 2.35. The minimum absolute atomic E-state index is 0.00649. The number of benzene rings is 1. The van der Waals surface area contributed by atoms with Crippen molar-refractivity contribution in [2.45, 2.75) is 38.5 Å². The Morgan fingerprint density at radius 1 is 1.30 bits per heavy atom. The van der Waals surface area contributed by atoms with E-state index in [9.17, 15) is 22.4 Å². The lowest BCUT2D eigenvalue weighted by molar-refractivity contribution is -0.139. The Hall–Kier alpha value is -2.63. The Morgan fingerprint density at radius 2 is 2.09 bits per heavy atom. The molecule has 1 N–H and O–H groups in total. The molecule has 1 fully saturated rings. The first kappa shape index (κ1) is 23.5. The zero-order chi connectivity index (χ0) is 23.8. The number of nitrogens with one attached hydrogen (secondary N) is 1. The molecule has 3 heterocycles. The van der Waals surface area contributed by atoms with E-state index in [1.807, 2.05) is 0 Å². The average Bonchev–Trinajstić information content (AvgIpc) is 3.34. The van der Waals surface area contributed by atoms with E-state index in [2.05, 4.69) is 32.1 Å². The lowest BCUT2D eigenvalue weighted by atomic mass is 10.1. The molecule has 1 amide bonds. The van der Waals surface area contributed by atoms with Crippen LogP contribution >= 0.6 is 22.9 Å². The number of anilines is 1. The van der Waals surface area contributed by atoms with Crippen LogP contribution in [0.3, 0.4) is 0 Å². The van der Waals surface area contributed by atoms with Gasteiger partial charge in [-0.2, -0.15) is 13.2 Å². The van der Waals surface area contributed by atoms with Crippen molar-refractivity contribution in [3.05, 3.63) is 57.7 Å². The first-order valence-electron chi connectivity index (χ1n) is 10.0. The molecule has 6 nitrogen and oxygen atoms in total. The maximum absolute atomic E-state index is 13.8. The molecule has 1 aliphatic heterocycles. The summed E-state index contributed by atoms with van der Waals surface area (Å²) in [5.74, 6) is -1.94. The number of nitrogens with zero attached hydrogens (tertiary/aromatic N) is 4. The second-order valence-electron chi connectivity index (χ2n) is 7.62. The average molecular weight is 500 g/mol. The highest BCUT2D eigenvalue weighted by molar-refractivity contribution is 7.16. The molecule has 4 rings (SSSR count). The Balaban J connectivity index is 1.69. The van der Waals surface area contributed by atoms with Crippen LogP contribution in [0.1, 0.15) is 40.7 Å². The number of hydrogen-bond donors (Lipinski definition) is 1. The van der Waals surface area contributed by atoms with Gasteiger partial charge in [0, 0.05) is 23.0 Å². The number of carbonyl (C=O) groups is 1. The van der Waals surface area contributed by atoms with E-state index < -0.39 is 23.5 Å². The van der Waals surface area contributed by atoms with E-state index in [1.54, 1.807) is 0 Å². The zero-order valence-electron chi connectivity index (χ0n) is 17.3. The molecule has 0 aliphatic carbocycles. The number of aromatic nitrogens is 3. The van der Waals surface area contributed by atoms with E-state index in [0.29, 0.717) is 17.5 Å². The van der Waals surface area contributed by atoms with Crippen LogP contribution in [0.4, 0.5) is 22.7 Å². The van der Waals surface area contributed by atoms with Gasteiger partial charge in [-0.3, -0.25) is 15.0 Å². The number of amides is 1. The number of alkyl halides is 3. The van der Waals surface area contributed by atoms with Gasteiger partial charge in [0.15, 0.2) is 5.13 Å². The zero-order valence-corrected chi connectivity index (χ0v) is 18.9. The molecule has 0 saturated carbocycles. The van der Waals surface area contributed by atoms with Gasteiger partial charge in [0.05, 0.1) is 23.7 Å². The van der Waals surface area contributed by atoms with Crippen LogP contribution in [0.25, 0.3) is 11.3 Å². The van der Waals surface area contributed by atoms with E-state index >= 15 is 0 Å². The van der Waals surface area contributed by atoms with Gasteiger partial charge >= 0.3 is 6.18 Å². The van der Waals surface area contributed by atoms with E-state index in [0.717, 1.165) is 42.9 Å². The lowest BCUT2D eigenvalue weighted by Crippen LogP contribution is -2.25. The van der Waals surface area contributed by atoms with Crippen molar-refractivity contribution < 1.29 is 22.4 Å². The fourth-order valence-corrected chi connectivity index (χ4v) is 4.73. The molecule has 1 aromatic carbocycles. The maximum atomic E-state index is 13.8. The second kappa shape index (κ2) is 9.32. The SMILES string of the molecule is C[C@@H]1CCCN1Cc1sc(NC(=O)c2cnc(Cl)cn2)nc1-c1ccc(F)c(C(F)(F)F)c1. The summed E-state index contributed by atoms with van der Waals surface area (Å²) >= 11 is 6.84. The molecular formula is C21H18ClF4N5OS. The Morgan fingerprint density at radius 3 is 2.73 bits per heavy atom. The highest BCUT2D eigenvalue weighted by atomic mass is 35.5.